The van der Waals surface area contributed by atoms with Crippen molar-refractivity contribution >= 4 is 15.9 Å². The summed E-state index contributed by atoms with van der Waals surface area (Å²) >= 11 is -5.63. The molecule has 2 unspecified atom stereocenters. The van der Waals surface area contributed by atoms with Crippen LogP contribution >= 0.6 is 0 Å². The number of fused-ring (bicyclic) bond motifs is 2. The molecule has 5 heteroatoms. The first-order valence-corrected chi connectivity index (χ1v) is 18.7. The van der Waals surface area contributed by atoms with Gasteiger partial charge < -0.3 is 0 Å². The summed E-state index contributed by atoms with van der Waals surface area (Å²) in [6, 6.07) is 29.0. The summed E-state index contributed by atoms with van der Waals surface area (Å²) in [4.78, 5) is 0. The van der Waals surface area contributed by atoms with Gasteiger partial charge in [0.05, 0.1) is 0 Å². The molecule has 184 valence electrons. The standard InChI is InChI=1S/2C9H7.2C6H5FO.C2H4.Zr/c2*1-2-5-9-7-3-6-8(9)4-1;2*7-5-3-1-2-4-6(5)8;1-2;/h2*1-7H;2*1-4,8H;1H,2H3;/q;;;;;+2/p-2. The zero-order valence-corrected chi connectivity index (χ0v) is 22.8. The van der Waals surface area contributed by atoms with Gasteiger partial charge >= 0.3 is 218 Å². The van der Waals surface area contributed by atoms with E-state index in [0.717, 1.165) is 22.3 Å². The van der Waals surface area contributed by atoms with Crippen LogP contribution in [0.4, 0.5) is 8.78 Å². The first kappa shape index (κ1) is 23.9. The first-order chi connectivity index (χ1) is 18.0. The number of allylic oxidation sites excluding steroid dienone is 2. The van der Waals surface area contributed by atoms with Gasteiger partial charge in [-0.2, -0.15) is 0 Å². The molecular weight excluding hydrogens is 546 g/mol. The average molecular weight is 572 g/mol. The van der Waals surface area contributed by atoms with Crippen LogP contribution in [0.25, 0.3) is 12.2 Å². The van der Waals surface area contributed by atoms with Gasteiger partial charge in [0.2, 0.25) is 0 Å². The van der Waals surface area contributed by atoms with Gasteiger partial charge in [-0.3, -0.25) is 0 Å². The Balaban J connectivity index is 1.72. The van der Waals surface area contributed by atoms with E-state index in [4.69, 9.17) is 5.63 Å². The zero-order valence-electron chi connectivity index (χ0n) is 20.4. The first-order valence-electron chi connectivity index (χ1n) is 12.4. The molecule has 37 heavy (non-hydrogen) atoms. The fraction of sp³-hybridized carbons (Fsp3) is 0.0938. The monoisotopic (exact) mass is 570 g/mol. The molecule has 0 amide bonds. The van der Waals surface area contributed by atoms with Crippen LogP contribution in [-0.4, -0.2) is 3.71 Å². The molecular formula is C32H26F2O2Zr. The second-order valence-corrected chi connectivity index (χ2v) is 21.4. The SMILES string of the molecule is C[CH]=[Zr]([O]c1ccccc1F)([O]c1ccccc1F)([CH]1C=Cc2ccccc21)[CH]1C=Cc2ccccc21. The second kappa shape index (κ2) is 9.15. The van der Waals surface area contributed by atoms with Crippen LogP contribution in [0.15, 0.2) is 109 Å². The van der Waals surface area contributed by atoms with E-state index >= 15 is 8.78 Å². The molecule has 6 rings (SSSR count). The summed E-state index contributed by atoms with van der Waals surface area (Å²) in [5.74, 6) is -0.740. The van der Waals surface area contributed by atoms with Crippen LogP contribution in [0.3, 0.4) is 0 Å². The normalized spacial score (nSPS) is 17.8. The van der Waals surface area contributed by atoms with E-state index < -0.39 is 30.8 Å². The molecule has 4 aromatic rings. The van der Waals surface area contributed by atoms with Gasteiger partial charge in [-0.15, -0.1) is 0 Å². The number of rotatable bonds is 6. The predicted molar refractivity (Wildman–Crippen MR) is 142 cm³/mol. The topological polar surface area (TPSA) is 18.5 Å². The molecule has 0 fully saturated rings. The van der Waals surface area contributed by atoms with E-state index in [0.29, 0.717) is 0 Å². The number of halogens is 2. The van der Waals surface area contributed by atoms with E-state index in [2.05, 4.69) is 48.6 Å². The van der Waals surface area contributed by atoms with Gasteiger partial charge in [-0.25, -0.2) is 0 Å². The van der Waals surface area contributed by atoms with Gasteiger partial charge in [0.25, 0.3) is 0 Å². The van der Waals surface area contributed by atoms with Crippen molar-refractivity contribution < 1.29 is 33.6 Å². The Hall–Kier alpha value is -3.43. The van der Waals surface area contributed by atoms with Crippen molar-refractivity contribution in [1.29, 1.82) is 0 Å². The summed E-state index contributed by atoms with van der Waals surface area (Å²) in [6.45, 7) is 1.93. The van der Waals surface area contributed by atoms with Crippen molar-refractivity contribution in [1.82, 2.24) is 0 Å². The van der Waals surface area contributed by atoms with Gasteiger partial charge in [-0.05, 0) is 0 Å². The minimum absolute atomic E-state index is 0.109. The molecule has 0 saturated carbocycles. The molecule has 2 atom stereocenters. The number of hydrogen-bond acceptors (Lipinski definition) is 2. The molecule has 0 bridgehead atoms. The van der Waals surface area contributed by atoms with Crippen molar-refractivity contribution in [2.24, 2.45) is 0 Å². The predicted octanol–water partition coefficient (Wildman–Crippen LogP) is 8.30. The van der Waals surface area contributed by atoms with Crippen LogP contribution in [0.2, 0.25) is 0 Å². The number of para-hydroxylation sites is 2. The molecule has 0 spiro atoms. The molecule has 0 N–H and O–H groups in total. The molecule has 2 aliphatic rings. The Morgan fingerprint density at radius 2 is 1.00 bits per heavy atom. The average Bonchev–Trinajstić information content (AvgIpc) is 3.57. The van der Waals surface area contributed by atoms with E-state index in [1.807, 2.05) is 34.9 Å². The Labute approximate surface area is 217 Å². The van der Waals surface area contributed by atoms with Crippen molar-refractivity contribution in [3.63, 3.8) is 0 Å². The third-order valence-electron chi connectivity index (χ3n) is 7.72. The Morgan fingerprint density at radius 1 is 0.595 bits per heavy atom. The molecule has 0 heterocycles. The molecule has 2 nitrogen and oxygen atoms in total. The number of hydrogen-bond donors (Lipinski definition) is 0. The quantitative estimate of drug-likeness (QED) is 0.232. The molecule has 0 aromatic heterocycles. The van der Waals surface area contributed by atoms with Crippen molar-refractivity contribution in [2.75, 3.05) is 0 Å². The fourth-order valence-corrected chi connectivity index (χ4v) is 20.4. The summed E-state index contributed by atoms with van der Waals surface area (Å²) < 4.78 is 46.2. The van der Waals surface area contributed by atoms with Crippen LogP contribution in [0.1, 0.15) is 36.4 Å². The Bertz CT molecular complexity index is 1520. The minimum atomic E-state index is -5.63. The van der Waals surface area contributed by atoms with Crippen molar-refractivity contribution in [3.05, 3.63) is 143 Å². The van der Waals surface area contributed by atoms with E-state index in [-0.39, 0.29) is 18.8 Å². The summed E-state index contributed by atoms with van der Waals surface area (Å²) in [7, 11) is 0. The summed E-state index contributed by atoms with van der Waals surface area (Å²) in [6.07, 6.45) is 8.34. The zero-order chi connectivity index (χ0) is 25.5. The molecule has 2 aliphatic carbocycles. The van der Waals surface area contributed by atoms with Gasteiger partial charge in [0.15, 0.2) is 0 Å². The fourth-order valence-electron chi connectivity index (χ4n) is 5.96. The maximum atomic E-state index is 15.3. The molecule has 0 aliphatic heterocycles. The van der Waals surface area contributed by atoms with Crippen LogP contribution in [-0.2, 0) is 19.2 Å². The van der Waals surface area contributed by atoms with E-state index in [1.165, 1.54) is 12.1 Å². The van der Waals surface area contributed by atoms with Gasteiger partial charge in [0.1, 0.15) is 0 Å². The Morgan fingerprint density at radius 3 is 1.43 bits per heavy atom. The molecule has 0 saturated heterocycles. The molecule has 0 radical (unpaired) electrons. The Kier molecular flexibility index (Phi) is 5.92. The van der Waals surface area contributed by atoms with E-state index in [9.17, 15) is 0 Å². The summed E-state index contributed by atoms with van der Waals surface area (Å²) in [5, 5.41) is 0. The van der Waals surface area contributed by atoms with Crippen molar-refractivity contribution in [3.8, 4) is 11.5 Å². The van der Waals surface area contributed by atoms with Crippen LogP contribution in [0, 0.1) is 11.6 Å². The van der Waals surface area contributed by atoms with Crippen LogP contribution in [0.5, 0.6) is 11.5 Å². The van der Waals surface area contributed by atoms with E-state index in [1.54, 1.807) is 36.4 Å². The maximum absolute atomic E-state index is 15.3. The van der Waals surface area contributed by atoms with Gasteiger partial charge in [-0.1, -0.05) is 0 Å². The second-order valence-electron chi connectivity index (χ2n) is 9.58. The van der Waals surface area contributed by atoms with Gasteiger partial charge in [0, 0.05) is 0 Å². The number of benzene rings is 4. The molecule has 4 aromatic carbocycles. The van der Waals surface area contributed by atoms with Crippen LogP contribution < -0.4 is 5.63 Å². The third-order valence-corrected chi connectivity index (χ3v) is 22.3. The van der Waals surface area contributed by atoms with Crippen molar-refractivity contribution in [2.45, 2.75) is 14.2 Å². The third kappa shape index (κ3) is 3.71. The summed E-state index contributed by atoms with van der Waals surface area (Å²) in [5.41, 5.74) is 4.19.